The maximum Gasteiger partial charge on any atom is 0.345 e. The first-order valence-electron chi connectivity index (χ1n) is 9.65. The zero-order chi connectivity index (χ0) is 19.3. The summed E-state index contributed by atoms with van der Waals surface area (Å²) in [5.41, 5.74) is 2.74. The van der Waals surface area contributed by atoms with Crippen LogP contribution in [0.4, 0.5) is 9.18 Å². The summed E-state index contributed by atoms with van der Waals surface area (Å²) in [5.74, 6) is -0.575. The largest absolute Gasteiger partial charge is 0.375 e. The number of carbonyl (C=O) groups excluding carboxylic acids is 1. The SMILES string of the molecule is O=C(N1CCN2CCC1CC2)n1nc(-c2cc(Cl)c(F)cn2)c2c1COCC2. The molecule has 2 aromatic heterocycles. The number of aromatic nitrogens is 3. The molecule has 2 aromatic rings. The number of hydrogen-bond acceptors (Lipinski definition) is 5. The molecule has 6 heterocycles. The summed E-state index contributed by atoms with van der Waals surface area (Å²) >= 11 is 5.94. The number of rotatable bonds is 1. The lowest BCUT2D eigenvalue weighted by Crippen LogP contribution is -2.44. The van der Waals surface area contributed by atoms with E-state index >= 15 is 0 Å². The van der Waals surface area contributed by atoms with E-state index in [1.165, 1.54) is 10.7 Å². The second-order valence-corrected chi connectivity index (χ2v) is 7.93. The Labute approximate surface area is 167 Å². The van der Waals surface area contributed by atoms with Gasteiger partial charge in [-0.15, -0.1) is 0 Å². The fourth-order valence-corrected chi connectivity index (χ4v) is 4.56. The number of carbonyl (C=O) groups is 1. The summed E-state index contributed by atoms with van der Waals surface area (Å²) in [5, 5.41) is 4.60. The second-order valence-electron chi connectivity index (χ2n) is 7.52. The van der Waals surface area contributed by atoms with Gasteiger partial charge in [-0.05, 0) is 25.3 Å². The van der Waals surface area contributed by atoms with Crippen molar-refractivity contribution in [1.82, 2.24) is 24.6 Å². The number of piperidine rings is 1. The van der Waals surface area contributed by atoms with Crippen LogP contribution in [0.3, 0.4) is 0 Å². The van der Waals surface area contributed by atoms with Crippen LogP contribution in [0.2, 0.25) is 5.02 Å². The van der Waals surface area contributed by atoms with E-state index < -0.39 is 5.82 Å². The summed E-state index contributed by atoms with van der Waals surface area (Å²) in [6.45, 7) is 4.55. The first-order chi connectivity index (χ1) is 13.6. The van der Waals surface area contributed by atoms with Crippen LogP contribution in [0.15, 0.2) is 12.3 Å². The Morgan fingerprint density at radius 2 is 2.07 bits per heavy atom. The molecule has 0 aromatic carbocycles. The number of amides is 1. The Bertz CT molecular complexity index is 925. The Hall–Kier alpha value is -2.03. The molecule has 3 saturated heterocycles. The Balaban J connectivity index is 1.55. The number of fused-ring (bicyclic) bond motifs is 5. The molecule has 148 valence electrons. The van der Waals surface area contributed by atoms with Gasteiger partial charge in [0.25, 0.3) is 0 Å². The van der Waals surface area contributed by atoms with Gasteiger partial charge in [0, 0.05) is 37.8 Å². The molecular weight excluding hydrogens is 385 g/mol. The van der Waals surface area contributed by atoms with Crippen LogP contribution in [0.5, 0.6) is 0 Å². The lowest BCUT2D eigenvalue weighted by atomic mass is 10.1. The highest BCUT2D eigenvalue weighted by Gasteiger charge is 2.35. The number of halogens is 2. The molecule has 6 rings (SSSR count). The van der Waals surface area contributed by atoms with Gasteiger partial charge in [-0.1, -0.05) is 11.6 Å². The van der Waals surface area contributed by atoms with E-state index in [9.17, 15) is 9.18 Å². The lowest BCUT2D eigenvalue weighted by Gasteiger charge is -2.31. The Morgan fingerprint density at radius 3 is 2.86 bits per heavy atom. The van der Waals surface area contributed by atoms with Crippen molar-refractivity contribution in [2.75, 3.05) is 32.8 Å². The summed E-state index contributed by atoms with van der Waals surface area (Å²) in [4.78, 5) is 21.9. The van der Waals surface area contributed by atoms with Crippen molar-refractivity contribution in [3.05, 3.63) is 34.4 Å². The molecule has 0 aliphatic carbocycles. The van der Waals surface area contributed by atoms with E-state index in [-0.39, 0.29) is 17.1 Å². The van der Waals surface area contributed by atoms with Crippen LogP contribution in [0.25, 0.3) is 11.4 Å². The van der Waals surface area contributed by atoms with Crippen molar-refractivity contribution in [2.45, 2.75) is 31.9 Å². The molecule has 0 unspecified atom stereocenters. The second kappa shape index (κ2) is 7.09. The fourth-order valence-electron chi connectivity index (χ4n) is 4.41. The van der Waals surface area contributed by atoms with Gasteiger partial charge in [0.05, 0.1) is 35.8 Å². The quantitative estimate of drug-likeness (QED) is 0.729. The molecule has 0 spiro atoms. The third-order valence-corrected chi connectivity index (χ3v) is 6.25. The summed E-state index contributed by atoms with van der Waals surface area (Å²) in [6.07, 6.45) is 3.71. The molecule has 3 fully saturated rings. The van der Waals surface area contributed by atoms with Crippen molar-refractivity contribution in [3.63, 3.8) is 0 Å². The maximum absolute atomic E-state index is 13.5. The monoisotopic (exact) mass is 405 g/mol. The fraction of sp³-hybridized carbons (Fsp3) is 0.526. The molecule has 0 saturated carbocycles. The summed E-state index contributed by atoms with van der Waals surface area (Å²) in [6, 6.07) is 1.59. The van der Waals surface area contributed by atoms with E-state index in [1.54, 1.807) is 0 Å². The predicted octanol–water partition coefficient (Wildman–Crippen LogP) is 2.56. The molecule has 0 radical (unpaired) electrons. The smallest absolute Gasteiger partial charge is 0.345 e. The van der Waals surface area contributed by atoms with Gasteiger partial charge >= 0.3 is 6.03 Å². The van der Waals surface area contributed by atoms with Crippen LogP contribution in [0, 0.1) is 5.82 Å². The summed E-state index contributed by atoms with van der Waals surface area (Å²) in [7, 11) is 0. The topological polar surface area (TPSA) is 63.5 Å². The first kappa shape index (κ1) is 18.0. The minimum atomic E-state index is -0.575. The molecular formula is C19H21ClFN5O2. The molecule has 0 N–H and O–H groups in total. The normalized spacial score (nSPS) is 24.1. The highest BCUT2D eigenvalue weighted by Crippen LogP contribution is 2.31. The maximum atomic E-state index is 13.5. The third-order valence-electron chi connectivity index (χ3n) is 5.96. The van der Waals surface area contributed by atoms with Crippen molar-refractivity contribution >= 4 is 17.6 Å². The number of hydrogen-bond donors (Lipinski definition) is 0. The molecule has 28 heavy (non-hydrogen) atoms. The Morgan fingerprint density at radius 1 is 1.25 bits per heavy atom. The average Bonchev–Trinajstić information content (AvgIpc) is 2.85. The molecule has 9 heteroatoms. The van der Waals surface area contributed by atoms with Gasteiger partial charge in [-0.3, -0.25) is 4.98 Å². The van der Waals surface area contributed by atoms with E-state index in [0.717, 1.165) is 49.9 Å². The van der Waals surface area contributed by atoms with Gasteiger partial charge < -0.3 is 14.5 Å². The number of pyridine rings is 1. The zero-order valence-electron chi connectivity index (χ0n) is 15.4. The van der Waals surface area contributed by atoms with Gasteiger partial charge in [-0.25, -0.2) is 9.18 Å². The molecule has 7 nitrogen and oxygen atoms in total. The van der Waals surface area contributed by atoms with Crippen LogP contribution >= 0.6 is 11.6 Å². The average molecular weight is 406 g/mol. The molecule has 1 amide bonds. The van der Waals surface area contributed by atoms with Crippen LogP contribution in [-0.4, -0.2) is 69.4 Å². The highest BCUT2D eigenvalue weighted by atomic mass is 35.5. The van der Waals surface area contributed by atoms with Gasteiger partial charge in [0.15, 0.2) is 5.82 Å². The van der Waals surface area contributed by atoms with Crippen LogP contribution in [0.1, 0.15) is 24.1 Å². The zero-order valence-corrected chi connectivity index (χ0v) is 16.2. The van der Waals surface area contributed by atoms with E-state index in [4.69, 9.17) is 16.3 Å². The van der Waals surface area contributed by atoms with Gasteiger partial charge in [0.1, 0.15) is 5.69 Å². The third kappa shape index (κ3) is 3.00. The lowest BCUT2D eigenvalue weighted by molar-refractivity contribution is 0.103. The molecule has 4 aliphatic rings. The standard InChI is InChI=1S/C19H21ClFN5O2/c20-14-9-16(22-10-15(14)21)18-13-3-8-28-11-17(13)26(23-18)19(27)25-7-6-24-4-1-12(25)2-5-24/h9-10,12H,1-8,11H2. The number of ether oxygens (including phenoxy) is 1. The van der Waals surface area contributed by atoms with Crippen LogP contribution < -0.4 is 0 Å². The van der Waals surface area contributed by atoms with Gasteiger partial charge in [0.2, 0.25) is 0 Å². The van der Waals surface area contributed by atoms with Crippen molar-refractivity contribution < 1.29 is 13.9 Å². The minimum absolute atomic E-state index is 0.00903. The molecule has 4 aliphatic heterocycles. The van der Waals surface area contributed by atoms with Crippen molar-refractivity contribution in [3.8, 4) is 11.4 Å². The number of nitrogens with zero attached hydrogens (tertiary/aromatic N) is 5. The Kier molecular flexibility index (Phi) is 4.57. The minimum Gasteiger partial charge on any atom is -0.375 e. The van der Waals surface area contributed by atoms with Crippen molar-refractivity contribution in [1.29, 1.82) is 0 Å². The van der Waals surface area contributed by atoms with E-state index in [1.807, 2.05) is 4.90 Å². The van der Waals surface area contributed by atoms with E-state index in [0.29, 0.717) is 37.6 Å². The van der Waals surface area contributed by atoms with Crippen LogP contribution in [-0.2, 0) is 17.8 Å². The highest BCUT2D eigenvalue weighted by molar-refractivity contribution is 6.30. The molecule has 2 bridgehead atoms. The van der Waals surface area contributed by atoms with E-state index in [2.05, 4.69) is 15.0 Å². The van der Waals surface area contributed by atoms with Crippen molar-refractivity contribution in [2.24, 2.45) is 0 Å². The summed E-state index contributed by atoms with van der Waals surface area (Å²) < 4.78 is 20.6. The predicted molar refractivity (Wildman–Crippen MR) is 101 cm³/mol. The van der Waals surface area contributed by atoms with Gasteiger partial charge in [-0.2, -0.15) is 9.78 Å². The molecule has 0 atom stereocenters. The first-order valence-corrected chi connectivity index (χ1v) is 10.0.